The highest BCUT2D eigenvalue weighted by atomic mass is 32.2. The van der Waals surface area contributed by atoms with E-state index in [1.165, 1.54) is 17.0 Å². The highest BCUT2D eigenvalue weighted by molar-refractivity contribution is 7.90. The molecule has 0 bridgehead atoms. The zero-order chi connectivity index (χ0) is 22.7. The van der Waals surface area contributed by atoms with Gasteiger partial charge < -0.3 is 4.90 Å². The molecule has 7 heteroatoms. The van der Waals surface area contributed by atoms with Crippen molar-refractivity contribution in [3.05, 3.63) is 95.6 Å². The van der Waals surface area contributed by atoms with E-state index in [2.05, 4.69) is 4.40 Å². The van der Waals surface area contributed by atoms with Crippen LogP contribution in [0.3, 0.4) is 0 Å². The summed E-state index contributed by atoms with van der Waals surface area (Å²) in [6.07, 6.45) is 0.331. The van der Waals surface area contributed by atoms with Crippen LogP contribution in [-0.4, -0.2) is 31.7 Å². The molecular weight excluding hydrogens is 422 g/mol. The van der Waals surface area contributed by atoms with Crippen LogP contribution in [0.15, 0.2) is 88.2 Å². The first-order valence-corrected chi connectivity index (χ1v) is 11.9. The smallest absolute Gasteiger partial charge is 0.319 e. The minimum atomic E-state index is -3.95. The molecule has 0 saturated carbocycles. The predicted molar refractivity (Wildman–Crippen MR) is 126 cm³/mol. The van der Waals surface area contributed by atoms with Gasteiger partial charge in [-0.1, -0.05) is 65.7 Å². The number of rotatable bonds is 5. The Hall–Kier alpha value is -3.45. The highest BCUT2D eigenvalue weighted by Gasteiger charge is 2.33. The molecule has 0 radical (unpaired) electrons. The second-order valence-corrected chi connectivity index (χ2v) is 9.51. The van der Waals surface area contributed by atoms with Gasteiger partial charge in [-0.3, -0.25) is 0 Å². The standard InChI is InChI=1S/C25H25N3O3S/c1-19-8-12-22(13-9-19)28-24(26-32(30,31)23-14-10-20(2)11-15-23)16-17-27(25(28)29)18-21-6-4-3-5-7-21/h3-15H,16-18H2,1-2H3. The highest BCUT2D eigenvalue weighted by Crippen LogP contribution is 2.25. The number of urea groups is 1. The Labute approximate surface area is 188 Å². The maximum absolute atomic E-state index is 13.5. The van der Waals surface area contributed by atoms with Crippen LogP contribution in [0.25, 0.3) is 0 Å². The van der Waals surface area contributed by atoms with E-state index in [-0.39, 0.29) is 16.8 Å². The topological polar surface area (TPSA) is 70.1 Å². The molecule has 6 nitrogen and oxygen atoms in total. The first-order chi connectivity index (χ1) is 15.3. The lowest BCUT2D eigenvalue weighted by Crippen LogP contribution is -2.52. The van der Waals surface area contributed by atoms with Crippen LogP contribution < -0.4 is 4.90 Å². The van der Waals surface area contributed by atoms with Gasteiger partial charge in [-0.05, 0) is 43.7 Å². The molecule has 1 saturated heterocycles. The summed E-state index contributed by atoms with van der Waals surface area (Å²) < 4.78 is 30.1. The van der Waals surface area contributed by atoms with Crippen molar-refractivity contribution in [3.63, 3.8) is 0 Å². The van der Waals surface area contributed by atoms with Crippen LogP contribution >= 0.6 is 0 Å². The molecular formula is C25H25N3O3S. The Morgan fingerprint density at radius 2 is 1.44 bits per heavy atom. The van der Waals surface area contributed by atoms with E-state index in [1.807, 2.05) is 68.4 Å². The number of hydrogen-bond donors (Lipinski definition) is 0. The fourth-order valence-corrected chi connectivity index (χ4v) is 4.62. The van der Waals surface area contributed by atoms with E-state index in [0.717, 1.165) is 16.7 Å². The molecule has 0 unspecified atom stereocenters. The number of carbonyl (C=O) groups is 1. The molecule has 1 fully saturated rings. The molecule has 0 spiro atoms. The maximum Gasteiger partial charge on any atom is 0.330 e. The summed E-state index contributed by atoms with van der Waals surface area (Å²) in [4.78, 5) is 16.7. The van der Waals surface area contributed by atoms with E-state index in [1.54, 1.807) is 17.0 Å². The normalized spacial score (nSPS) is 15.9. The zero-order valence-corrected chi connectivity index (χ0v) is 18.9. The van der Waals surface area contributed by atoms with Gasteiger partial charge in [-0.25, -0.2) is 9.69 Å². The van der Waals surface area contributed by atoms with Crippen LogP contribution in [0.5, 0.6) is 0 Å². The van der Waals surface area contributed by atoms with Gasteiger partial charge in [0.1, 0.15) is 5.84 Å². The third kappa shape index (κ3) is 4.73. The summed E-state index contributed by atoms with van der Waals surface area (Å²) >= 11 is 0. The van der Waals surface area contributed by atoms with Crippen LogP contribution in [0.1, 0.15) is 23.1 Å². The van der Waals surface area contributed by atoms with Crippen molar-refractivity contribution >= 4 is 27.6 Å². The van der Waals surface area contributed by atoms with Gasteiger partial charge in [0.15, 0.2) is 0 Å². The van der Waals surface area contributed by atoms with Gasteiger partial charge in [0, 0.05) is 19.5 Å². The number of carbonyl (C=O) groups excluding carboxylic acids is 1. The van der Waals surface area contributed by atoms with E-state index in [0.29, 0.717) is 25.2 Å². The average Bonchev–Trinajstić information content (AvgIpc) is 2.78. The predicted octanol–water partition coefficient (Wildman–Crippen LogP) is 4.92. The number of aryl methyl sites for hydroxylation is 2. The lowest BCUT2D eigenvalue weighted by atomic mass is 10.1. The molecule has 2 amide bonds. The number of anilines is 1. The van der Waals surface area contributed by atoms with Crippen molar-refractivity contribution in [1.82, 2.24) is 4.90 Å². The summed E-state index contributed by atoms with van der Waals surface area (Å²) in [5, 5.41) is 0. The van der Waals surface area contributed by atoms with E-state index in [4.69, 9.17) is 0 Å². The first-order valence-electron chi connectivity index (χ1n) is 10.4. The van der Waals surface area contributed by atoms with Gasteiger partial charge in [0.05, 0.1) is 10.6 Å². The Morgan fingerprint density at radius 3 is 2.06 bits per heavy atom. The average molecular weight is 448 g/mol. The largest absolute Gasteiger partial charge is 0.330 e. The van der Waals surface area contributed by atoms with Crippen LogP contribution in [0, 0.1) is 13.8 Å². The summed E-state index contributed by atoms with van der Waals surface area (Å²) in [5.41, 5.74) is 3.61. The molecule has 4 rings (SSSR count). The van der Waals surface area contributed by atoms with E-state index < -0.39 is 10.0 Å². The fraction of sp³-hybridized carbons (Fsp3) is 0.200. The number of amides is 2. The Balaban J connectivity index is 1.71. The van der Waals surface area contributed by atoms with Crippen molar-refractivity contribution in [2.24, 2.45) is 4.40 Å². The Bertz CT molecular complexity index is 1240. The molecule has 0 N–H and O–H groups in total. The summed E-state index contributed by atoms with van der Waals surface area (Å²) in [6, 6.07) is 23.4. The zero-order valence-electron chi connectivity index (χ0n) is 18.1. The maximum atomic E-state index is 13.5. The quantitative estimate of drug-likeness (QED) is 0.557. The van der Waals surface area contributed by atoms with Crippen molar-refractivity contribution in [3.8, 4) is 0 Å². The molecule has 1 aliphatic rings. The van der Waals surface area contributed by atoms with Gasteiger partial charge in [-0.2, -0.15) is 8.42 Å². The number of benzene rings is 3. The second kappa shape index (κ2) is 8.96. The number of hydrogen-bond acceptors (Lipinski definition) is 3. The first kappa shape index (κ1) is 21.8. The number of amidine groups is 1. The molecule has 0 aromatic heterocycles. The Kier molecular flexibility index (Phi) is 6.10. The molecule has 3 aromatic rings. The second-order valence-electron chi connectivity index (χ2n) is 7.91. The third-order valence-corrected chi connectivity index (χ3v) is 6.70. The van der Waals surface area contributed by atoms with Gasteiger partial charge in [0.25, 0.3) is 10.0 Å². The molecule has 32 heavy (non-hydrogen) atoms. The van der Waals surface area contributed by atoms with Gasteiger partial charge >= 0.3 is 6.03 Å². The lowest BCUT2D eigenvalue weighted by Gasteiger charge is -2.36. The van der Waals surface area contributed by atoms with Crippen LogP contribution in [0.2, 0.25) is 0 Å². The molecule has 3 aromatic carbocycles. The number of nitrogens with zero attached hydrogens (tertiary/aromatic N) is 3. The van der Waals surface area contributed by atoms with E-state index in [9.17, 15) is 13.2 Å². The monoisotopic (exact) mass is 447 g/mol. The summed E-state index contributed by atoms with van der Waals surface area (Å²) in [7, 11) is -3.95. The van der Waals surface area contributed by atoms with Gasteiger partial charge in [0.2, 0.25) is 0 Å². The third-order valence-electron chi connectivity index (χ3n) is 5.38. The number of sulfonamides is 1. The molecule has 1 heterocycles. The minimum absolute atomic E-state index is 0.110. The molecule has 0 atom stereocenters. The summed E-state index contributed by atoms with van der Waals surface area (Å²) in [6.45, 7) is 4.68. The van der Waals surface area contributed by atoms with Crippen molar-refractivity contribution in [2.45, 2.75) is 31.7 Å². The molecule has 0 aliphatic carbocycles. The Morgan fingerprint density at radius 1 is 0.844 bits per heavy atom. The van der Waals surface area contributed by atoms with E-state index >= 15 is 0 Å². The van der Waals surface area contributed by atoms with Crippen molar-refractivity contribution in [2.75, 3.05) is 11.4 Å². The molecule has 1 aliphatic heterocycles. The van der Waals surface area contributed by atoms with Crippen LogP contribution in [0.4, 0.5) is 10.5 Å². The lowest BCUT2D eigenvalue weighted by molar-refractivity contribution is 0.203. The van der Waals surface area contributed by atoms with Gasteiger partial charge in [-0.15, -0.1) is 4.40 Å². The van der Waals surface area contributed by atoms with Crippen molar-refractivity contribution in [1.29, 1.82) is 0 Å². The molecule has 164 valence electrons. The summed E-state index contributed by atoms with van der Waals surface area (Å²) in [5.74, 6) is 0.226. The van der Waals surface area contributed by atoms with Crippen molar-refractivity contribution < 1.29 is 13.2 Å². The fourth-order valence-electron chi connectivity index (χ4n) is 3.59. The minimum Gasteiger partial charge on any atom is -0.319 e. The SMILES string of the molecule is Cc1ccc(N2C(=O)N(Cc3ccccc3)CCC2=NS(=O)(=O)c2ccc(C)cc2)cc1. The van der Waals surface area contributed by atoms with Crippen LogP contribution in [-0.2, 0) is 16.6 Å².